The Kier molecular flexibility index (Phi) is 4.75. The van der Waals surface area contributed by atoms with E-state index >= 15 is 0 Å². The molecule has 0 unspecified atom stereocenters. The van der Waals surface area contributed by atoms with E-state index in [4.69, 9.17) is 10.00 Å². The Morgan fingerprint density at radius 1 is 1.20 bits per heavy atom. The Morgan fingerprint density at radius 3 is 2.60 bits per heavy atom. The van der Waals surface area contributed by atoms with Gasteiger partial charge in [-0.3, -0.25) is 0 Å². The molecule has 2 rings (SSSR count). The van der Waals surface area contributed by atoms with Crippen LogP contribution in [0.15, 0.2) is 48.5 Å². The topological polar surface area (TPSA) is 45.0 Å². The molecule has 0 aliphatic carbocycles. The van der Waals surface area contributed by atoms with Crippen LogP contribution < -0.4 is 10.1 Å². The minimum atomic E-state index is 0.242. The lowest BCUT2D eigenvalue weighted by atomic mass is 10.1. The fourth-order valence-corrected chi connectivity index (χ4v) is 2.11. The molecule has 0 aromatic heterocycles. The number of nitriles is 1. The molecule has 0 radical (unpaired) electrons. The van der Waals surface area contributed by atoms with Crippen LogP contribution in [0.3, 0.4) is 0 Å². The smallest absolute Gasteiger partial charge is 0.123 e. The molecule has 2 aromatic rings. The molecule has 0 heterocycles. The van der Waals surface area contributed by atoms with Crippen molar-refractivity contribution < 1.29 is 4.74 Å². The van der Waals surface area contributed by atoms with E-state index in [1.165, 1.54) is 5.56 Å². The summed E-state index contributed by atoms with van der Waals surface area (Å²) in [5, 5.41) is 12.4. The van der Waals surface area contributed by atoms with Crippen LogP contribution in [0.25, 0.3) is 0 Å². The molecule has 0 spiro atoms. The Morgan fingerprint density at radius 2 is 1.95 bits per heavy atom. The largest absolute Gasteiger partial charge is 0.496 e. The quantitative estimate of drug-likeness (QED) is 0.902. The Labute approximate surface area is 119 Å². The van der Waals surface area contributed by atoms with Crippen LogP contribution in [0.4, 0.5) is 0 Å². The van der Waals surface area contributed by atoms with Gasteiger partial charge in [0.15, 0.2) is 0 Å². The first-order valence-corrected chi connectivity index (χ1v) is 6.60. The number of benzene rings is 2. The number of methoxy groups -OCH3 is 1. The lowest BCUT2D eigenvalue weighted by Crippen LogP contribution is -2.18. The number of hydrogen-bond acceptors (Lipinski definition) is 3. The molecule has 3 heteroatoms. The van der Waals surface area contributed by atoms with Gasteiger partial charge in [-0.25, -0.2) is 0 Å². The average molecular weight is 266 g/mol. The van der Waals surface area contributed by atoms with Crippen LogP contribution in [0.2, 0.25) is 0 Å². The van der Waals surface area contributed by atoms with Crippen molar-refractivity contribution in [3.05, 3.63) is 65.2 Å². The first kappa shape index (κ1) is 14.1. The van der Waals surface area contributed by atoms with E-state index in [0.717, 1.165) is 11.3 Å². The molecular weight excluding hydrogens is 248 g/mol. The predicted octanol–water partition coefficient (Wildman–Crippen LogP) is 3.42. The van der Waals surface area contributed by atoms with E-state index in [9.17, 15) is 0 Å². The zero-order chi connectivity index (χ0) is 14.4. The molecule has 2 aromatic carbocycles. The highest BCUT2D eigenvalue weighted by Gasteiger charge is 2.08. The van der Waals surface area contributed by atoms with Gasteiger partial charge in [0.25, 0.3) is 0 Å². The highest BCUT2D eigenvalue weighted by atomic mass is 16.5. The van der Waals surface area contributed by atoms with Gasteiger partial charge in [-0.1, -0.05) is 30.3 Å². The van der Waals surface area contributed by atoms with Crippen molar-refractivity contribution in [2.75, 3.05) is 7.11 Å². The number of rotatable bonds is 5. The summed E-state index contributed by atoms with van der Waals surface area (Å²) in [7, 11) is 1.64. The fraction of sp³-hybridized carbons (Fsp3) is 0.235. The van der Waals surface area contributed by atoms with Gasteiger partial charge >= 0.3 is 0 Å². The monoisotopic (exact) mass is 266 g/mol. The summed E-state index contributed by atoms with van der Waals surface area (Å²) < 4.78 is 5.33. The zero-order valence-corrected chi connectivity index (χ0v) is 11.8. The maximum atomic E-state index is 8.97. The normalized spacial score (nSPS) is 11.7. The molecule has 0 saturated carbocycles. The summed E-state index contributed by atoms with van der Waals surface area (Å²) >= 11 is 0. The van der Waals surface area contributed by atoms with E-state index < -0.39 is 0 Å². The maximum absolute atomic E-state index is 8.97. The molecule has 1 atom stereocenters. The molecule has 3 nitrogen and oxygen atoms in total. The molecule has 0 bridgehead atoms. The average Bonchev–Trinajstić information content (AvgIpc) is 2.53. The molecule has 0 saturated heterocycles. The first-order valence-electron chi connectivity index (χ1n) is 6.60. The summed E-state index contributed by atoms with van der Waals surface area (Å²) in [5.74, 6) is 0.803. The van der Waals surface area contributed by atoms with Gasteiger partial charge in [0.05, 0.1) is 18.7 Å². The van der Waals surface area contributed by atoms with Crippen molar-refractivity contribution in [1.82, 2.24) is 5.32 Å². The summed E-state index contributed by atoms with van der Waals surface area (Å²) in [6, 6.07) is 18.1. The second-order valence-corrected chi connectivity index (χ2v) is 4.65. The van der Waals surface area contributed by atoms with Gasteiger partial charge in [-0.2, -0.15) is 5.26 Å². The minimum absolute atomic E-state index is 0.242. The fourth-order valence-electron chi connectivity index (χ4n) is 2.11. The van der Waals surface area contributed by atoms with E-state index in [2.05, 4.69) is 30.4 Å². The number of ether oxygens (including phenoxy) is 1. The minimum Gasteiger partial charge on any atom is -0.496 e. The van der Waals surface area contributed by atoms with Crippen molar-refractivity contribution in [2.24, 2.45) is 0 Å². The van der Waals surface area contributed by atoms with Crippen LogP contribution in [0.1, 0.15) is 29.7 Å². The molecule has 0 fully saturated rings. The molecule has 20 heavy (non-hydrogen) atoms. The van der Waals surface area contributed by atoms with E-state index in [-0.39, 0.29) is 6.04 Å². The maximum Gasteiger partial charge on any atom is 0.123 e. The van der Waals surface area contributed by atoms with Crippen molar-refractivity contribution >= 4 is 0 Å². The molecule has 0 aliphatic heterocycles. The summed E-state index contributed by atoms with van der Waals surface area (Å²) in [6.45, 7) is 2.78. The predicted molar refractivity (Wildman–Crippen MR) is 79.4 cm³/mol. The molecule has 0 amide bonds. The molecule has 1 N–H and O–H groups in total. The van der Waals surface area contributed by atoms with Crippen molar-refractivity contribution in [3.8, 4) is 11.8 Å². The van der Waals surface area contributed by atoms with Gasteiger partial charge in [-0.15, -0.1) is 0 Å². The Balaban J connectivity index is 2.09. The lowest BCUT2D eigenvalue weighted by Gasteiger charge is -2.16. The van der Waals surface area contributed by atoms with Crippen molar-refractivity contribution in [1.29, 1.82) is 5.26 Å². The third-order valence-corrected chi connectivity index (χ3v) is 3.31. The molecular formula is C17H18N2O. The summed E-state index contributed by atoms with van der Waals surface area (Å²) in [4.78, 5) is 0. The summed E-state index contributed by atoms with van der Waals surface area (Å²) in [5.41, 5.74) is 2.88. The van der Waals surface area contributed by atoms with Crippen molar-refractivity contribution in [3.63, 3.8) is 0 Å². The van der Waals surface area contributed by atoms with Gasteiger partial charge in [0.1, 0.15) is 5.75 Å². The van der Waals surface area contributed by atoms with Gasteiger partial charge in [0, 0.05) is 18.2 Å². The van der Waals surface area contributed by atoms with Crippen LogP contribution in [-0.2, 0) is 6.54 Å². The molecule has 102 valence electrons. The Bertz CT molecular complexity index is 602. The number of hydrogen-bond donors (Lipinski definition) is 1. The van der Waals surface area contributed by atoms with E-state index in [0.29, 0.717) is 12.1 Å². The lowest BCUT2D eigenvalue weighted by molar-refractivity contribution is 0.406. The van der Waals surface area contributed by atoms with Gasteiger partial charge in [0.2, 0.25) is 0 Å². The second-order valence-electron chi connectivity index (χ2n) is 4.65. The van der Waals surface area contributed by atoms with Crippen LogP contribution in [0.5, 0.6) is 5.75 Å². The first-order chi connectivity index (χ1) is 9.74. The third kappa shape index (κ3) is 3.37. The van der Waals surface area contributed by atoms with Crippen molar-refractivity contribution in [2.45, 2.75) is 19.5 Å². The van der Waals surface area contributed by atoms with Crippen LogP contribution >= 0.6 is 0 Å². The van der Waals surface area contributed by atoms with E-state index in [1.807, 2.05) is 30.3 Å². The van der Waals surface area contributed by atoms with Crippen LogP contribution in [-0.4, -0.2) is 7.11 Å². The van der Waals surface area contributed by atoms with Crippen LogP contribution in [0, 0.1) is 11.3 Å². The highest BCUT2D eigenvalue weighted by Crippen LogP contribution is 2.21. The second kappa shape index (κ2) is 6.74. The van der Waals surface area contributed by atoms with E-state index in [1.54, 1.807) is 13.2 Å². The van der Waals surface area contributed by atoms with Gasteiger partial charge in [-0.05, 0) is 30.7 Å². The SMILES string of the molecule is COc1ccc(C#N)cc1CN[C@@H](C)c1ccccc1. The highest BCUT2D eigenvalue weighted by molar-refractivity contribution is 5.42. The zero-order valence-electron chi connectivity index (χ0n) is 11.8. The summed E-state index contributed by atoms with van der Waals surface area (Å²) in [6.07, 6.45) is 0. The van der Waals surface area contributed by atoms with Gasteiger partial charge < -0.3 is 10.1 Å². The number of nitrogens with zero attached hydrogens (tertiary/aromatic N) is 1. The standard InChI is InChI=1S/C17H18N2O/c1-13(15-6-4-3-5-7-15)19-12-16-10-14(11-18)8-9-17(16)20-2/h3-10,13,19H,12H2,1-2H3/t13-/m0/s1. The molecule has 0 aliphatic rings. The Hall–Kier alpha value is -2.31. The number of nitrogens with one attached hydrogen (secondary N) is 1. The third-order valence-electron chi connectivity index (χ3n) is 3.31.